The van der Waals surface area contributed by atoms with Crippen LogP contribution < -0.4 is 10.2 Å². The van der Waals surface area contributed by atoms with Crippen LogP contribution in [-0.4, -0.2) is 28.6 Å². The minimum atomic E-state index is -0.845. The Labute approximate surface area is 137 Å². The van der Waals surface area contributed by atoms with Crippen molar-refractivity contribution in [3.8, 4) is 6.07 Å². The molecule has 0 atom stereocenters. The molecule has 1 fully saturated rings. The maximum Gasteiger partial charge on any atom is 0.326 e. The molecule has 0 radical (unpaired) electrons. The first-order valence-electron chi connectivity index (χ1n) is 7.48. The van der Waals surface area contributed by atoms with Gasteiger partial charge in [-0.3, -0.25) is 19.0 Å². The predicted octanol–water partition coefficient (Wildman–Crippen LogP) is 1.10. The van der Waals surface area contributed by atoms with Crippen molar-refractivity contribution in [2.24, 2.45) is 0 Å². The molecule has 2 rings (SSSR count). The number of thiazole rings is 1. The highest BCUT2D eigenvalue weighted by atomic mass is 32.1. The van der Waals surface area contributed by atoms with Crippen LogP contribution in [0.5, 0.6) is 0 Å². The third-order valence-corrected chi connectivity index (χ3v) is 4.81. The summed E-state index contributed by atoms with van der Waals surface area (Å²) in [5.74, 6) is -1.14. The Kier molecular flexibility index (Phi) is 5.55. The molecule has 1 N–H and O–H groups in total. The van der Waals surface area contributed by atoms with Gasteiger partial charge in [0.15, 0.2) is 6.61 Å². The topological polar surface area (TPSA) is 101 Å². The van der Waals surface area contributed by atoms with Crippen LogP contribution in [0.2, 0.25) is 0 Å². The number of aromatic nitrogens is 1. The van der Waals surface area contributed by atoms with E-state index in [1.807, 2.05) is 0 Å². The minimum Gasteiger partial charge on any atom is -0.454 e. The van der Waals surface area contributed by atoms with Gasteiger partial charge in [-0.25, -0.2) is 0 Å². The highest BCUT2D eigenvalue weighted by Gasteiger charge is 2.33. The van der Waals surface area contributed by atoms with Gasteiger partial charge in [-0.05, 0) is 19.8 Å². The number of rotatable bonds is 5. The van der Waals surface area contributed by atoms with E-state index in [1.165, 1.54) is 4.57 Å². The Morgan fingerprint density at radius 1 is 1.43 bits per heavy atom. The second kappa shape index (κ2) is 7.42. The van der Waals surface area contributed by atoms with Crippen LogP contribution >= 0.6 is 11.3 Å². The van der Waals surface area contributed by atoms with E-state index in [0.29, 0.717) is 18.5 Å². The Balaban J connectivity index is 1.83. The number of carbonyl (C=O) groups is 2. The second-order valence-corrected chi connectivity index (χ2v) is 6.51. The molecule has 0 aromatic carbocycles. The van der Waals surface area contributed by atoms with Gasteiger partial charge in [0.25, 0.3) is 5.91 Å². The van der Waals surface area contributed by atoms with Crippen LogP contribution in [0.3, 0.4) is 0 Å². The largest absolute Gasteiger partial charge is 0.454 e. The van der Waals surface area contributed by atoms with Gasteiger partial charge in [-0.15, -0.1) is 0 Å². The number of ether oxygens (including phenoxy) is 1. The standard InChI is InChI=1S/C15H19N3O4S/c1-11-9-23-14(21)18(11)7-13(20)22-8-12(19)17-15(10-16)5-3-2-4-6-15/h9H,2-8H2,1H3,(H,17,19). The van der Waals surface area contributed by atoms with E-state index in [9.17, 15) is 19.6 Å². The summed E-state index contributed by atoms with van der Waals surface area (Å²) in [7, 11) is 0. The fourth-order valence-corrected chi connectivity index (χ4v) is 3.37. The molecule has 1 aliphatic carbocycles. The first kappa shape index (κ1) is 17.2. The van der Waals surface area contributed by atoms with Crippen molar-refractivity contribution in [3.05, 3.63) is 20.7 Å². The van der Waals surface area contributed by atoms with Crippen LogP contribution in [-0.2, 0) is 20.9 Å². The van der Waals surface area contributed by atoms with Crippen LogP contribution in [0.25, 0.3) is 0 Å². The number of hydrogen-bond acceptors (Lipinski definition) is 6. The average Bonchev–Trinajstić information content (AvgIpc) is 2.86. The molecule has 1 saturated carbocycles. The van der Waals surface area contributed by atoms with E-state index in [-0.39, 0.29) is 11.4 Å². The zero-order valence-electron chi connectivity index (χ0n) is 13.0. The van der Waals surface area contributed by atoms with E-state index in [1.54, 1.807) is 12.3 Å². The Bertz CT molecular complexity index is 680. The molecule has 124 valence electrons. The zero-order chi connectivity index (χ0) is 16.9. The first-order chi connectivity index (χ1) is 11.0. The minimum absolute atomic E-state index is 0.217. The fourth-order valence-electron chi connectivity index (χ4n) is 2.64. The van der Waals surface area contributed by atoms with E-state index in [2.05, 4.69) is 11.4 Å². The summed E-state index contributed by atoms with van der Waals surface area (Å²) >= 11 is 1.01. The maximum absolute atomic E-state index is 11.9. The lowest BCUT2D eigenvalue weighted by Crippen LogP contribution is -2.50. The first-order valence-corrected chi connectivity index (χ1v) is 8.36. The van der Waals surface area contributed by atoms with E-state index < -0.39 is 24.0 Å². The molecular weight excluding hydrogens is 318 g/mol. The number of nitriles is 1. The average molecular weight is 337 g/mol. The van der Waals surface area contributed by atoms with Crippen molar-refractivity contribution >= 4 is 23.2 Å². The predicted molar refractivity (Wildman–Crippen MR) is 83.8 cm³/mol. The van der Waals surface area contributed by atoms with Crippen LogP contribution in [0.15, 0.2) is 10.2 Å². The smallest absolute Gasteiger partial charge is 0.326 e. The number of hydrogen-bond donors (Lipinski definition) is 1. The van der Waals surface area contributed by atoms with E-state index >= 15 is 0 Å². The van der Waals surface area contributed by atoms with Gasteiger partial charge in [-0.1, -0.05) is 30.6 Å². The van der Waals surface area contributed by atoms with Crippen molar-refractivity contribution in [1.29, 1.82) is 5.26 Å². The number of aryl methyl sites for hydroxylation is 1. The molecule has 0 spiro atoms. The highest BCUT2D eigenvalue weighted by Crippen LogP contribution is 2.27. The molecule has 23 heavy (non-hydrogen) atoms. The Morgan fingerprint density at radius 2 is 2.13 bits per heavy atom. The fraction of sp³-hybridized carbons (Fsp3) is 0.600. The summed E-state index contributed by atoms with van der Waals surface area (Å²) in [6.45, 7) is 1.06. The van der Waals surface area contributed by atoms with Crippen molar-refractivity contribution in [2.75, 3.05) is 6.61 Å². The lowest BCUT2D eigenvalue weighted by atomic mass is 9.83. The number of carbonyl (C=O) groups excluding carboxylic acids is 2. The van der Waals surface area contributed by atoms with Crippen molar-refractivity contribution < 1.29 is 14.3 Å². The van der Waals surface area contributed by atoms with Gasteiger partial charge in [0.05, 0.1) is 6.07 Å². The molecule has 0 aliphatic heterocycles. The summed E-state index contributed by atoms with van der Waals surface area (Å²) in [5.41, 5.74) is -0.171. The number of nitrogens with one attached hydrogen (secondary N) is 1. The van der Waals surface area contributed by atoms with Gasteiger partial charge >= 0.3 is 10.8 Å². The van der Waals surface area contributed by atoms with Gasteiger partial charge in [0.2, 0.25) is 0 Å². The van der Waals surface area contributed by atoms with Crippen LogP contribution in [0.1, 0.15) is 37.8 Å². The van der Waals surface area contributed by atoms with Crippen molar-refractivity contribution in [2.45, 2.75) is 51.1 Å². The highest BCUT2D eigenvalue weighted by molar-refractivity contribution is 7.07. The van der Waals surface area contributed by atoms with Crippen LogP contribution in [0.4, 0.5) is 0 Å². The van der Waals surface area contributed by atoms with Gasteiger partial charge in [0, 0.05) is 11.1 Å². The monoisotopic (exact) mass is 337 g/mol. The van der Waals surface area contributed by atoms with Crippen molar-refractivity contribution in [1.82, 2.24) is 9.88 Å². The summed E-state index contributed by atoms with van der Waals surface area (Å²) in [4.78, 5) is 34.9. The Hall–Kier alpha value is -2.14. The molecule has 1 heterocycles. The third-order valence-electron chi connectivity index (χ3n) is 3.93. The third kappa shape index (κ3) is 4.42. The molecular formula is C15H19N3O4S. The molecule has 0 unspecified atom stereocenters. The van der Waals surface area contributed by atoms with Crippen molar-refractivity contribution in [3.63, 3.8) is 0 Å². The zero-order valence-corrected chi connectivity index (χ0v) is 13.8. The molecule has 7 nitrogen and oxygen atoms in total. The number of nitrogens with zero attached hydrogens (tertiary/aromatic N) is 2. The summed E-state index contributed by atoms with van der Waals surface area (Å²) in [6.07, 6.45) is 4.09. The number of amides is 1. The van der Waals surface area contributed by atoms with Crippen LogP contribution in [0, 0.1) is 18.3 Å². The Morgan fingerprint density at radius 3 is 2.70 bits per heavy atom. The van der Waals surface area contributed by atoms with E-state index in [0.717, 1.165) is 30.6 Å². The molecule has 1 aliphatic rings. The molecule has 8 heteroatoms. The lowest BCUT2D eigenvalue weighted by molar-refractivity contribution is -0.149. The van der Waals surface area contributed by atoms with Gasteiger partial charge in [-0.2, -0.15) is 5.26 Å². The SMILES string of the molecule is Cc1csc(=O)n1CC(=O)OCC(=O)NC1(C#N)CCCCC1. The number of esters is 1. The normalized spacial score (nSPS) is 16.3. The summed E-state index contributed by atoms with van der Waals surface area (Å²) in [5, 5.41) is 13.6. The molecule has 1 amide bonds. The molecule has 1 aromatic rings. The van der Waals surface area contributed by atoms with Gasteiger partial charge < -0.3 is 10.1 Å². The molecule has 0 saturated heterocycles. The van der Waals surface area contributed by atoms with E-state index in [4.69, 9.17) is 4.74 Å². The lowest BCUT2D eigenvalue weighted by Gasteiger charge is -2.31. The maximum atomic E-state index is 11.9. The molecule has 0 bridgehead atoms. The molecule has 1 aromatic heterocycles. The summed E-state index contributed by atoms with van der Waals surface area (Å²) in [6, 6.07) is 2.17. The second-order valence-electron chi connectivity index (χ2n) is 5.69. The van der Waals surface area contributed by atoms with Gasteiger partial charge in [0.1, 0.15) is 12.1 Å². The summed E-state index contributed by atoms with van der Waals surface area (Å²) < 4.78 is 6.20. The quantitative estimate of drug-likeness (QED) is 0.811.